The summed E-state index contributed by atoms with van der Waals surface area (Å²) in [6.07, 6.45) is 13.6. The van der Waals surface area contributed by atoms with Gasteiger partial charge in [0.15, 0.2) is 0 Å². The molecule has 0 bridgehead atoms. The van der Waals surface area contributed by atoms with Gasteiger partial charge in [0.25, 0.3) is 0 Å². The van der Waals surface area contributed by atoms with E-state index in [1.54, 1.807) is 0 Å². The lowest BCUT2D eigenvalue weighted by atomic mass is 10.1. The predicted octanol–water partition coefficient (Wildman–Crippen LogP) is 3.16. The van der Waals surface area contributed by atoms with Crippen molar-refractivity contribution in [3.8, 4) is 0 Å². The second kappa shape index (κ2) is 7.34. The smallest absolute Gasteiger partial charge is 0.0787 e. The molecule has 78 valence electrons. The summed E-state index contributed by atoms with van der Waals surface area (Å²) in [5.74, 6) is 5.25. The fourth-order valence-electron chi connectivity index (χ4n) is 2.09. The van der Waals surface area contributed by atoms with Crippen LogP contribution in [0.3, 0.4) is 0 Å². The van der Waals surface area contributed by atoms with Gasteiger partial charge < -0.3 is 4.84 Å². The molecule has 2 N–H and O–H groups in total. The molecule has 0 radical (unpaired) electrons. The zero-order valence-corrected chi connectivity index (χ0v) is 8.63. The quantitative estimate of drug-likeness (QED) is 0.637. The Kier molecular flexibility index (Phi) is 6.21. The number of hydrogen-bond donors (Lipinski definition) is 1. The summed E-state index contributed by atoms with van der Waals surface area (Å²) in [5.41, 5.74) is 0. The Labute approximate surface area is 81.8 Å². The van der Waals surface area contributed by atoms with Crippen LogP contribution in [0.1, 0.15) is 64.2 Å². The van der Waals surface area contributed by atoms with Crippen molar-refractivity contribution in [3.05, 3.63) is 0 Å². The second-order valence-corrected chi connectivity index (χ2v) is 4.16. The van der Waals surface area contributed by atoms with E-state index in [0.29, 0.717) is 6.10 Å². The summed E-state index contributed by atoms with van der Waals surface area (Å²) in [4.78, 5) is 4.96. The summed E-state index contributed by atoms with van der Waals surface area (Å²) < 4.78 is 0. The van der Waals surface area contributed by atoms with Crippen molar-refractivity contribution in [2.24, 2.45) is 5.90 Å². The maximum Gasteiger partial charge on any atom is 0.0787 e. The Morgan fingerprint density at radius 1 is 0.692 bits per heavy atom. The molecule has 0 unspecified atom stereocenters. The van der Waals surface area contributed by atoms with Crippen LogP contribution in [0.4, 0.5) is 0 Å². The molecule has 13 heavy (non-hydrogen) atoms. The van der Waals surface area contributed by atoms with Crippen LogP contribution in [0.15, 0.2) is 0 Å². The summed E-state index contributed by atoms with van der Waals surface area (Å²) >= 11 is 0. The van der Waals surface area contributed by atoms with Crippen LogP contribution in [0, 0.1) is 0 Å². The van der Waals surface area contributed by atoms with Gasteiger partial charge in [-0.15, -0.1) is 0 Å². The van der Waals surface area contributed by atoms with Crippen LogP contribution >= 0.6 is 0 Å². The Hall–Kier alpha value is -0.0800. The van der Waals surface area contributed by atoms with Crippen molar-refractivity contribution in [1.29, 1.82) is 0 Å². The van der Waals surface area contributed by atoms with E-state index in [0.717, 1.165) is 12.8 Å². The largest absolute Gasteiger partial charge is 0.301 e. The predicted molar refractivity (Wildman–Crippen MR) is 55.2 cm³/mol. The summed E-state index contributed by atoms with van der Waals surface area (Å²) in [6.45, 7) is 0. The molecular weight excluding hydrogens is 162 g/mol. The highest BCUT2D eigenvalue weighted by atomic mass is 16.6. The highest BCUT2D eigenvalue weighted by Crippen LogP contribution is 2.17. The van der Waals surface area contributed by atoms with E-state index in [2.05, 4.69) is 0 Å². The number of nitrogens with two attached hydrogens (primary N) is 1. The van der Waals surface area contributed by atoms with Gasteiger partial charge in [-0.05, 0) is 12.8 Å². The molecule has 0 aromatic carbocycles. The van der Waals surface area contributed by atoms with E-state index >= 15 is 0 Å². The minimum absolute atomic E-state index is 0.332. The average Bonchev–Trinajstić information content (AvgIpc) is 2.22. The maximum absolute atomic E-state index is 5.25. The molecule has 1 fully saturated rings. The Balaban J connectivity index is 2.18. The first-order valence-corrected chi connectivity index (χ1v) is 5.79. The second-order valence-electron chi connectivity index (χ2n) is 4.16. The third-order valence-electron chi connectivity index (χ3n) is 2.99. The first-order valence-electron chi connectivity index (χ1n) is 5.79. The van der Waals surface area contributed by atoms with Crippen LogP contribution in [-0.4, -0.2) is 6.10 Å². The molecule has 0 amide bonds. The zero-order valence-electron chi connectivity index (χ0n) is 8.63. The molecule has 1 saturated carbocycles. The molecule has 0 saturated heterocycles. The van der Waals surface area contributed by atoms with E-state index in [9.17, 15) is 0 Å². The van der Waals surface area contributed by atoms with Crippen LogP contribution in [0.2, 0.25) is 0 Å². The molecule has 2 nitrogen and oxygen atoms in total. The van der Waals surface area contributed by atoms with Crippen molar-refractivity contribution in [2.75, 3.05) is 0 Å². The van der Waals surface area contributed by atoms with Gasteiger partial charge in [-0.3, -0.25) is 0 Å². The minimum atomic E-state index is 0.332. The van der Waals surface area contributed by atoms with Gasteiger partial charge >= 0.3 is 0 Å². The Bertz CT molecular complexity index is 105. The Morgan fingerprint density at radius 2 is 1.08 bits per heavy atom. The van der Waals surface area contributed by atoms with E-state index < -0.39 is 0 Å². The summed E-state index contributed by atoms with van der Waals surface area (Å²) in [5, 5.41) is 0. The van der Waals surface area contributed by atoms with E-state index in [4.69, 9.17) is 10.7 Å². The first kappa shape index (κ1) is 11.0. The SMILES string of the molecule is NOC1CCCCCCCCCC1. The summed E-state index contributed by atoms with van der Waals surface area (Å²) in [7, 11) is 0. The van der Waals surface area contributed by atoms with E-state index in [1.807, 2.05) is 0 Å². The van der Waals surface area contributed by atoms with Gasteiger partial charge in [-0.1, -0.05) is 51.4 Å². The zero-order chi connectivity index (χ0) is 9.36. The lowest BCUT2D eigenvalue weighted by Crippen LogP contribution is -2.17. The molecule has 1 aliphatic carbocycles. The summed E-state index contributed by atoms with van der Waals surface area (Å²) in [6, 6.07) is 0. The van der Waals surface area contributed by atoms with E-state index in [-0.39, 0.29) is 0 Å². The molecule has 0 aromatic rings. The van der Waals surface area contributed by atoms with Crippen molar-refractivity contribution in [1.82, 2.24) is 0 Å². The lowest BCUT2D eigenvalue weighted by Gasteiger charge is -2.13. The van der Waals surface area contributed by atoms with Gasteiger partial charge in [-0.2, -0.15) is 0 Å². The van der Waals surface area contributed by atoms with Gasteiger partial charge in [0.1, 0.15) is 0 Å². The van der Waals surface area contributed by atoms with Gasteiger partial charge in [-0.25, -0.2) is 5.90 Å². The van der Waals surface area contributed by atoms with Crippen LogP contribution in [0.25, 0.3) is 0 Å². The fraction of sp³-hybridized carbons (Fsp3) is 1.00. The third-order valence-corrected chi connectivity index (χ3v) is 2.99. The molecule has 2 heteroatoms. The standard InChI is InChI=1S/C11H23NO/c12-13-11-9-7-5-3-1-2-4-6-8-10-11/h11H,1-10,12H2. The Morgan fingerprint density at radius 3 is 1.46 bits per heavy atom. The molecule has 1 aliphatic rings. The van der Waals surface area contributed by atoms with Crippen LogP contribution < -0.4 is 5.90 Å². The van der Waals surface area contributed by atoms with Crippen molar-refractivity contribution >= 4 is 0 Å². The molecule has 0 aromatic heterocycles. The average molecular weight is 185 g/mol. The molecule has 0 spiro atoms. The van der Waals surface area contributed by atoms with Gasteiger partial charge in [0.2, 0.25) is 0 Å². The van der Waals surface area contributed by atoms with Crippen LogP contribution in [-0.2, 0) is 4.84 Å². The third kappa shape index (κ3) is 5.27. The highest BCUT2D eigenvalue weighted by molar-refractivity contribution is 4.60. The number of hydrogen-bond acceptors (Lipinski definition) is 2. The van der Waals surface area contributed by atoms with Crippen molar-refractivity contribution in [3.63, 3.8) is 0 Å². The molecular formula is C11H23NO. The van der Waals surface area contributed by atoms with Crippen molar-refractivity contribution in [2.45, 2.75) is 70.3 Å². The molecule has 0 heterocycles. The first-order chi connectivity index (χ1) is 6.43. The van der Waals surface area contributed by atoms with Gasteiger partial charge in [0, 0.05) is 0 Å². The molecule has 1 rings (SSSR count). The molecule has 0 aliphatic heterocycles. The maximum atomic E-state index is 5.25. The van der Waals surface area contributed by atoms with Gasteiger partial charge in [0.05, 0.1) is 6.10 Å². The topological polar surface area (TPSA) is 35.2 Å². The highest BCUT2D eigenvalue weighted by Gasteiger charge is 2.08. The monoisotopic (exact) mass is 185 g/mol. The molecule has 0 atom stereocenters. The number of rotatable bonds is 1. The normalized spacial score (nSPS) is 23.8. The fourth-order valence-corrected chi connectivity index (χ4v) is 2.09. The lowest BCUT2D eigenvalue weighted by molar-refractivity contribution is 0.0381. The minimum Gasteiger partial charge on any atom is -0.301 e. The van der Waals surface area contributed by atoms with E-state index in [1.165, 1.54) is 51.4 Å². The van der Waals surface area contributed by atoms with Crippen LogP contribution in [0.5, 0.6) is 0 Å². The van der Waals surface area contributed by atoms with Crippen molar-refractivity contribution < 1.29 is 4.84 Å².